The highest BCUT2D eigenvalue weighted by Crippen LogP contribution is 2.24. The Balaban J connectivity index is 2.95. The zero-order valence-corrected chi connectivity index (χ0v) is 13.0. The topological polar surface area (TPSA) is 49.7 Å². The largest absolute Gasteiger partial charge is 0.427 e. The van der Waals surface area contributed by atoms with Crippen LogP contribution in [0.2, 0.25) is 0 Å². The summed E-state index contributed by atoms with van der Waals surface area (Å²) in [4.78, 5) is 0. The summed E-state index contributed by atoms with van der Waals surface area (Å²) >= 11 is 0. The zero-order chi connectivity index (χ0) is 15.7. The fourth-order valence-electron chi connectivity index (χ4n) is 1.58. The van der Waals surface area contributed by atoms with Gasteiger partial charge in [0.15, 0.2) is 0 Å². The molecule has 1 atom stereocenters. The summed E-state index contributed by atoms with van der Waals surface area (Å²) in [5.74, 6) is -0.390. The third-order valence-corrected chi connectivity index (χ3v) is 3.82. The van der Waals surface area contributed by atoms with E-state index in [1.807, 2.05) is 0 Å². The minimum Gasteiger partial charge on any atom is -0.427 e. The highest BCUT2D eigenvalue weighted by Gasteiger charge is 2.35. The molecule has 0 spiro atoms. The van der Waals surface area contributed by atoms with E-state index in [-0.39, 0.29) is 5.82 Å². The molecule has 5 heteroatoms. The van der Waals surface area contributed by atoms with E-state index in [9.17, 15) is 14.6 Å². The van der Waals surface area contributed by atoms with Crippen LogP contribution < -0.4 is 5.46 Å². The van der Waals surface area contributed by atoms with Gasteiger partial charge in [-0.05, 0) is 58.7 Å². The van der Waals surface area contributed by atoms with Crippen molar-refractivity contribution in [3.8, 4) is 0 Å². The Morgan fingerprint density at radius 2 is 1.80 bits per heavy atom. The third-order valence-electron chi connectivity index (χ3n) is 3.82. The molecule has 1 aromatic carbocycles. The lowest BCUT2D eigenvalue weighted by Gasteiger charge is -2.37. The van der Waals surface area contributed by atoms with Crippen LogP contribution in [0.15, 0.2) is 12.1 Å². The quantitative estimate of drug-likeness (QED) is 0.812. The average molecular weight is 281 g/mol. The summed E-state index contributed by atoms with van der Waals surface area (Å²) in [5, 5.41) is 19.7. The molecule has 0 bridgehead atoms. The number of benzene rings is 1. The SMILES string of the molecule is Cc1c(F)cc([B]OC(C)(C)C(C)(C)O)cc1C(C)O. The van der Waals surface area contributed by atoms with E-state index in [1.165, 1.54) is 13.5 Å². The van der Waals surface area contributed by atoms with E-state index in [0.29, 0.717) is 16.6 Å². The summed E-state index contributed by atoms with van der Waals surface area (Å²) in [5.41, 5.74) is -0.389. The molecular formula is C15H23BFO3. The minimum absolute atomic E-state index is 0.390. The lowest BCUT2D eigenvalue weighted by atomic mass is 9.81. The molecule has 111 valence electrons. The van der Waals surface area contributed by atoms with Gasteiger partial charge < -0.3 is 14.9 Å². The Morgan fingerprint density at radius 3 is 2.25 bits per heavy atom. The lowest BCUT2D eigenvalue weighted by molar-refractivity contribution is -0.0893. The van der Waals surface area contributed by atoms with Crippen LogP contribution in [0.25, 0.3) is 0 Å². The van der Waals surface area contributed by atoms with Crippen molar-refractivity contribution in [3.05, 3.63) is 29.1 Å². The third kappa shape index (κ3) is 3.81. The van der Waals surface area contributed by atoms with Crippen molar-refractivity contribution in [2.24, 2.45) is 0 Å². The second-order valence-electron chi connectivity index (χ2n) is 6.20. The minimum atomic E-state index is -1.04. The molecular weight excluding hydrogens is 258 g/mol. The van der Waals surface area contributed by atoms with Crippen molar-refractivity contribution in [2.75, 3.05) is 0 Å². The van der Waals surface area contributed by atoms with Gasteiger partial charge in [-0.15, -0.1) is 0 Å². The molecule has 1 unspecified atom stereocenters. The van der Waals surface area contributed by atoms with Gasteiger partial charge in [-0.3, -0.25) is 0 Å². The molecule has 0 aliphatic rings. The number of rotatable bonds is 5. The van der Waals surface area contributed by atoms with Crippen molar-refractivity contribution in [3.63, 3.8) is 0 Å². The molecule has 0 fully saturated rings. The highest BCUT2D eigenvalue weighted by atomic mass is 19.1. The standard InChI is InChI=1S/C15H23BFO3/c1-9-12(10(2)18)7-11(8-13(9)17)16-20-15(5,6)14(3,4)19/h7-8,10,18-19H,1-6H3. The van der Waals surface area contributed by atoms with Crippen molar-refractivity contribution in [1.29, 1.82) is 0 Å². The first-order valence-corrected chi connectivity index (χ1v) is 6.67. The smallest absolute Gasteiger partial charge is 0.331 e. The maximum atomic E-state index is 13.8. The first-order chi connectivity index (χ1) is 8.95. The van der Waals surface area contributed by atoms with Crippen LogP contribution in [0.5, 0.6) is 0 Å². The summed E-state index contributed by atoms with van der Waals surface area (Å²) < 4.78 is 19.4. The van der Waals surface area contributed by atoms with Crippen LogP contribution in [-0.4, -0.2) is 28.9 Å². The van der Waals surface area contributed by atoms with E-state index < -0.39 is 17.3 Å². The van der Waals surface area contributed by atoms with E-state index in [2.05, 4.69) is 0 Å². The van der Waals surface area contributed by atoms with Crippen molar-refractivity contribution >= 4 is 12.9 Å². The van der Waals surface area contributed by atoms with Gasteiger partial charge in [-0.25, -0.2) is 4.39 Å². The molecule has 0 saturated heterocycles. The number of aliphatic hydroxyl groups is 2. The number of halogens is 1. The normalized spacial score (nSPS) is 14.2. The maximum absolute atomic E-state index is 13.8. The van der Waals surface area contributed by atoms with Crippen LogP contribution in [0.1, 0.15) is 51.8 Å². The molecule has 0 aromatic heterocycles. The molecule has 0 aliphatic heterocycles. The van der Waals surface area contributed by atoms with Gasteiger partial charge in [0.2, 0.25) is 0 Å². The fourth-order valence-corrected chi connectivity index (χ4v) is 1.58. The first-order valence-electron chi connectivity index (χ1n) is 6.67. The van der Waals surface area contributed by atoms with Gasteiger partial charge in [0, 0.05) is 0 Å². The highest BCUT2D eigenvalue weighted by molar-refractivity contribution is 6.47. The average Bonchev–Trinajstić information content (AvgIpc) is 2.28. The Kier molecular flexibility index (Phi) is 5.01. The van der Waals surface area contributed by atoms with Crippen LogP contribution in [-0.2, 0) is 4.65 Å². The Bertz CT molecular complexity index is 479. The number of hydrogen-bond acceptors (Lipinski definition) is 3. The second kappa shape index (κ2) is 5.84. The van der Waals surface area contributed by atoms with E-state index in [4.69, 9.17) is 4.65 Å². The molecule has 0 aliphatic carbocycles. The fraction of sp³-hybridized carbons (Fsp3) is 0.600. The van der Waals surface area contributed by atoms with Crippen molar-refractivity contribution in [2.45, 2.75) is 58.8 Å². The Morgan fingerprint density at radius 1 is 1.25 bits per heavy atom. The maximum Gasteiger partial charge on any atom is 0.331 e. The summed E-state index contributed by atoms with van der Waals surface area (Å²) in [6.07, 6.45) is -0.750. The van der Waals surface area contributed by atoms with E-state index in [1.54, 1.807) is 47.6 Å². The van der Waals surface area contributed by atoms with Crippen LogP contribution in [0, 0.1) is 12.7 Å². The van der Waals surface area contributed by atoms with Crippen molar-refractivity contribution < 1.29 is 19.3 Å². The van der Waals surface area contributed by atoms with Crippen LogP contribution in [0.3, 0.4) is 0 Å². The lowest BCUT2D eigenvalue weighted by Crippen LogP contribution is -2.49. The predicted octanol–water partition coefficient (Wildman–Crippen LogP) is 2.00. The molecule has 0 saturated carbocycles. The Labute approximate surface area is 121 Å². The molecule has 1 radical (unpaired) electrons. The molecule has 1 rings (SSSR count). The molecule has 0 amide bonds. The number of aliphatic hydroxyl groups excluding tert-OH is 1. The van der Waals surface area contributed by atoms with E-state index >= 15 is 0 Å². The monoisotopic (exact) mass is 281 g/mol. The van der Waals surface area contributed by atoms with Gasteiger partial charge in [0.25, 0.3) is 0 Å². The van der Waals surface area contributed by atoms with Crippen LogP contribution >= 0.6 is 0 Å². The Hall–Kier alpha value is -0.905. The van der Waals surface area contributed by atoms with Crippen LogP contribution in [0.4, 0.5) is 4.39 Å². The van der Waals surface area contributed by atoms with Gasteiger partial charge in [0.1, 0.15) is 5.82 Å². The second-order valence-corrected chi connectivity index (χ2v) is 6.20. The molecule has 1 aromatic rings. The predicted molar refractivity (Wildman–Crippen MR) is 78.6 cm³/mol. The molecule has 2 N–H and O–H groups in total. The summed E-state index contributed by atoms with van der Waals surface area (Å²) in [7, 11) is 1.41. The van der Waals surface area contributed by atoms with Gasteiger partial charge in [-0.2, -0.15) is 0 Å². The molecule has 20 heavy (non-hydrogen) atoms. The van der Waals surface area contributed by atoms with E-state index in [0.717, 1.165) is 0 Å². The first kappa shape index (κ1) is 17.1. The van der Waals surface area contributed by atoms with Crippen molar-refractivity contribution in [1.82, 2.24) is 0 Å². The van der Waals surface area contributed by atoms with Gasteiger partial charge in [0.05, 0.1) is 17.3 Å². The van der Waals surface area contributed by atoms with Gasteiger partial charge in [-0.1, -0.05) is 11.5 Å². The molecule has 0 heterocycles. The summed E-state index contributed by atoms with van der Waals surface area (Å²) in [6, 6.07) is 3.03. The van der Waals surface area contributed by atoms with Gasteiger partial charge >= 0.3 is 7.48 Å². The number of hydrogen-bond donors (Lipinski definition) is 2. The molecule has 3 nitrogen and oxygen atoms in total. The zero-order valence-electron chi connectivity index (χ0n) is 13.0. The summed E-state index contributed by atoms with van der Waals surface area (Å²) in [6.45, 7) is 10.0.